The lowest BCUT2D eigenvalue weighted by Gasteiger charge is -2.38. The van der Waals surface area contributed by atoms with Crippen LogP contribution in [0.2, 0.25) is 0 Å². The Morgan fingerprint density at radius 2 is 1.69 bits per heavy atom. The Balaban J connectivity index is 1.27. The lowest BCUT2D eigenvalue weighted by Crippen LogP contribution is -2.46. The highest BCUT2D eigenvalue weighted by Gasteiger charge is 2.35. The highest BCUT2D eigenvalue weighted by atomic mass is 32.2. The normalized spacial score (nSPS) is 22.5. The Labute approximate surface area is 249 Å². The third-order valence-electron chi connectivity index (χ3n) is 8.43. The number of halogens is 1. The van der Waals surface area contributed by atoms with Crippen molar-refractivity contribution >= 4 is 15.9 Å². The van der Waals surface area contributed by atoms with Gasteiger partial charge in [0, 0.05) is 30.7 Å². The summed E-state index contributed by atoms with van der Waals surface area (Å²) in [6.45, 7) is 0.428. The molecule has 0 aromatic heterocycles. The first-order valence-corrected chi connectivity index (χ1v) is 16.1. The summed E-state index contributed by atoms with van der Waals surface area (Å²) < 4.78 is 58.3. The fraction of sp³-hybridized carbons (Fsp3) is 0.581. The van der Waals surface area contributed by atoms with Gasteiger partial charge in [-0.15, -0.1) is 0 Å². The number of hydrogen-bond acceptors (Lipinski definition) is 7. The van der Waals surface area contributed by atoms with E-state index < -0.39 is 10.0 Å². The Hall–Kier alpha value is -2.73. The second-order valence-electron chi connectivity index (χ2n) is 11.4. The third kappa shape index (κ3) is 7.80. The summed E-state index contributed by atoms with van der Waals surface area (Å²) >= 11 is 0. The average molecular weight is 606 g/mol. The topological polar surface area (TPSA) is 97.4 Å². The van der Waals surface area contributed by atoms with Gasteiger partial charge in [-0.25, -0.2) is 12.8 Å². The molecular formula is C31H44FN3O6S. The summed E-state index contributed by atoms with van der Waals surface area (Å²) in [7, 11) is 3.28. The van der Waals surface area contributed by atoms with E-state index in [-0.39, 0.29) is 48.0 Å². The van der Waals surface area contributed by atoms with E-state index >= 15 is 0 Å². The van der Waals surface area contributed by atoms with Crippen LogP contribution in [0, 0.1) is 11.7 Å². The van der Waals surface area contributed by atoms with Crippen molar-refractivity contribution in [2.24, 2.45) is 5.92 Å². The number of carbonyl (C=O) groups excluding carboxylic acids is 1. The third-order valence-corrected chi connectivity index (χ3v) is 10.4. The summed E-state index contributed by atoms with van der Waals surface area (Å²) in [4.78, 5) is 15.0. The van der Waals surface area contributed by atoms with Gasteiger partial charge in [-0.05, 0) is 88.4 Å². The van der Waals surface area contributed by atoms with Crippen LogP contribution in [0.4, 0.5) is 4.39 Å². The number of ether oxygens (including phenoxy) is 3. The molecule has 1 aliphatic carbocycles. The number of amides is 1. The fourth-order valence-corrected chi connectivity index (χ4v) is 8.05. The van der Waals surface area contributed by atoms with Crippen LogP contribution < -0.4 is 14.8 Å². The summed E-state index contributed by atoms with van der Waals surface area (Å²) in [5.74, 6) is 0.799. The molecule has 9 nitrogen and oxygen atoms in total. The predicted octanol–water partition coefficient (Wildman–Crippen LogP) is 4.38. The first-order chi connectivity index (χ1) is 20.1. The molecule has 1 saturated carbocycles. The zero-order valence-corrected chi connectivity index (χ0v) is 25.9. The number of nitrogens with one attached hydrogen (secondary N) is 1. The lowest BCUT2D eigenvalue weighted by atomic mass is 9.78. The molecule has 1 saturated heterocycles. The quantitative estimate of drug-likeness (QED) is 0.384. The van der Waals surface area contributed by atoms with Gasteiger partial charge in [0.05, 0.1) is 25.7 Å². The largest absolute Gasteiger partial charge is 0.493 e. The number of methoxy groups -OCH3 is 2. The van der Waals surface area contributed by atoms with Crippen LogP contribution in [0.1, 0.15) is 56.6 Å². The predicted molar refractivity (Wildman–Crippen MR) is 159 cm³/mol. The highest BCUT2D eigenvalue weighted by Crippen LogP contribution is 2.37. The van der Waals surface area contributed by atoms with E-state index in [0.717, 1.165) is 44.1 Å². The summed E-state index contributed by atoms with van der Waals surface area (Å²) in [5.41, 5.74) is 1.10. The van der Waals surface area contributed by atoms with E-state index in [1.807, 2.05) is 26.2 Å². The van der Waals surface area contributed by atoms with Crippen molar-refractivity contribution in [3.05, 3.63) is 53.8 Å². The molecule has 1 aliphatic heterocycles. The van der Waals surface area contributed by atoms with Crippen LogP contribution in [0.25, 0.3) is 0 Å². The van der Waals surface area contributed by atoms with Gasteiger partial charge in [0.2, 0.25) is 15.9 Å². The van der Waals surface area contributed by atoms with Crippen molar-refractivity contribution in [1.29, 1.82) is 0 Å². The van der Waals surface area contributed by atoms with Crippen LogP contribution in [0.15, 0.2) is 47.4 Å². The molecular weight excluding hydrogens is 561 g/mol. The maximum absolute atomic E-state index is 13.5. The summed E-state index contributed by atoms with van der Waals surface area (Å²) in [6.07, 6.45) is 5.96. The van der Waals surface area contributed by atoms with Crippen molar-refractivity contribution < 1.29 is 31.8 Å². The lowest BCUT2D eigenvalue weighted by molar-refractivity contribution is -0.127. The first-order valence-electron chi connectivity index (χ1n) is 14.7. The monoisotopic (exact) mass is 605 g/mol. The zero-order valence-electron chi connectivity index (χ0n) is 25.1. The number of benzene rings is 2. The molecule has 2 aromatic carbocycles. The molecule has 0 spiro atoms. The standard InChI is InChI=1S/C31H44FN3O6S/c1-34(2)31(22-8-12-24(32)13-9-22)23-10-14-25(15-11-23)33-30(36)21-41-20-26-7-5-6-18-35(26)42(37,38)27-16-17-28(39-3)29(19-27)40-4/h8-9,12-13,16-17,19,23,25-26,31H,5-7,10-11,14-15,18,20-21H2,1-4H3,(H,33,36). The fourth-order valence-electron chi connectivity index (χ4n) is 6.36. The van der Waals surface area contributed by atoms with E-state index in [0.29, 0.717) is 30.4 Å². The minimum absolute atomic E-state index is 0.0741. The molecule has 1 N–H and O–H groups in total. The van der Waals surface area contributed by atoms with Crippen LogP contribution in [-0.4, -0.2) is 83.7 Å². The summed E-state index contributed by atoms with van der Waals surface area (Å²) in [5, 5.41) is 3.10. The van der Waals surface area contributed by atoms with Crippen molar-refractivity contribution in [3.63, 3.8) is 0 Å². The van der Waals surface area contributed by atoms with Crippen molar-refractivity contribution in [1.82, 2.24) is 14.5 Å². The number of sulfonamides is 1. The Kier molecular flexibility index (Phi) is 11.2. The van der Waals surface area contributed by atoms with Crippen LogP contribution in [0.5, 0.6) is 11.5 Å². The minimum Gasteiger partial charge on any atom is -0.493 e. The Morgan fingerprint density at radius 3 is 2.33 bits per heavy atom. The van der Waals surface area contributed by atoms with Gasteiger partial charge in [0.15, 0.2) is 11.5 Å². The van der Waals surface area contributed by atoms with Crippen molar-refractivity contribution in [2.75, 3.05) is 48.1 Å². The Bertz CT molecular complexity index is 1280. The van der Waals surface area contributed by atoms with Crippen LogP contribution in [0.3, 0.4) is 0 Å². The van der Waals surface area contributed by atoms with Gasteiger partial charge in [0.1, 0.15) is 12.4 Å². The number of hydrogen-bond donors (Lipinski definition) is 1. The molecule has 11 heteroatoms. The smallest absolute Gasteiger partial charge is 0.246 e. The molecule has 2 fully saturated rings. The van der Waals surface area contributed by atoms with Gasteiger partial charge >= 0.3 is 0 Å². The number of carbonyl (C=O) groups is 1. The molecule has 1 heterocycles. The molecule has 2 atom stereocenters. The van der Waals surface area contributed by atoms with E-state index in [1.54, 1.807) is 6.07 Å². The number of rotatable bonds is 12. The van der Waals surface area contributed by atoms with Gasteiger partial charge in [-0.3, -0.25) is 4.79 Å². The maximum Gasteiger partial charge on any atom is 0.246 e. The maximum atomic E-state index is 13.5. The molecule has 0 bridgehead atoms. The molecule has 2 aromatic rings. The molecule has 2 aliphatic rings. The molecule has 42 heavy (non-hydrogen) atoms. The molecule has 232 valence electrons. The molecule has 2 unspecified atom stereocenters. The second-order valence-corrected chi connectivity index (χ2v) is 13.3. The van der Waals surface area contributed by atoms with E-state index in [9.17, 15) is 17.6 Å². The minimum atomic E-state index is -3.79. The number of nitrogens with zero attached hydrogens (tertiary/aromatic N) is 2. The van der Waals surface area contributed by atoms with E-state index in [1.165, 1.54) is 42.8 Å². The first kappa shape index (κ1) is 32.2. The van der Waals surface area contributed by atoms with Crippen LogP contribution in [-0.2, 0) is 19.6 Å². The van der Waals surface area contributed by atoms with Gasteiger partial charge in [-0.1, -0.05) is 18.6 Å². The van der Waals surface area contributed by atoms with Crippen molar-refractivity contribution in [2.45, 2.75) is 68.0 Å². The summed E-state index contributed by atoms with van der Waals surface area (Å²) in [6, 6.07) is 11.2. The van der Waals surface area contributed by atoms with Gasteiger partial charge in [-0.2, -0.15) is 4.31 Å². The van der Waals surface area contributed by atoms with Gasteiger partial charge in [0.25, 0.3) is 0 Å². The van der Waals surface area contributed by atoms with E-state index in [4.69, 9.17) is 14.2 Å². The van der Waals surface area contributed by atoms with E-state index in [2.05, 4.69) is 10.2 Å². The SMILES string of the molecule is COc1ccc(S(=O)(=O)N2CCCCC2COCC(=O)NC2CCC(C(c3ccc(F)cc3)N(C)C)CC2)cc1OC. The average Bonchev–Trinajstić information content (AvgIpc) is 2.98. The number of piperidine rings is 1. The Morgan fingerprint density at radius 1 is 1.00 bits per heavy atom. The molecule has 4 rings (SSSR count). The van der Waals surface area contributed by atoms with Gasteiger partial charge < -0.3 is 24.4 Å². The van der Waals surface area contributed by atoms with Crippen LogP contribution >= 0.6 is 0 Å². The molecule has 0 radical (unpaired) electrons. The van der Waals surface area contributed by atoms with Crippen molar-refractivity contribution in [3.8, 4) is 11.5 Å². The highest BCUT2D eigenvalue weighted by molar-refractivity contribution is 7.89. The second kappa shape index (κ2) is 14.6. The zero-order chi connectivity index (χ0) is 30.3. The molecule has 1 amide bonds.